The Morgan fingerprint density at radius 3 is 2.62 bits per heavy atom. The van der Waals surface area contributed by atoms with Gasteiger partial charge in [-0.1, -0.05) is 48.9 Å². The molecule has 1 atom stereocenters. The summed E-state index contributed by atoms with van der Waals surface area (Å²) in [5, 5.41) is 0. The zero-order valence-corrected chi connectivity index (χ0v) is 16.2. The van der Waals surface area contributed by atoms with E-state index in [4.69, 9.17) is 4.74 Å². The van der Waals surface area contributed by atoms with Crippen molar-refractivity contribution in [1.82, 2.24) is 4.90 Å². The Bertz CT molecular complexity index is 687. The molecule has 4 heteroatoms. The summed E-state index contributed by atoms with van der Waals surface area (Å²) in [7, 11) is 1.69. The Morgan fingerprint density at radius 2 is 1.88 bits per heavy atom. The van der Waals surface area contributed by atoms with Crippen LogP contribution in [0, 0.1) is 0 Å². The number of nitrogens with zero attached hydrogens (tertiary/aromatic N) is 1. The van der Waals surface area contributed by atoms with Crippen molar-refractivity contribution in [2.75, 3.05) is 26.0 Å². The quantitative estimate of drug-likeness (QED) is 0.737. The Kier molecular flexibility index (Phi) is 7.01. The lowest BCUT2D eigenvalue weighted by molar-refractivity contribution is -0.128. The third-order valence-corrected chi connectivity index (χ3v) is 5.94. The zero-order valence-electron chi connectivity index (χ0n) is 15.4. The summed E-state index contributed by atoms with van der Waals surface area (Å²) in [5.41, 5.74) is 2.58. The summed E-state index contributed by atoms with van der Waals surface area (Å²) in [6.45, 7) is 1.72. The molecule has 1 heterocycles. The summed E-state index contributed by atoms with van der Waals surface area (Å²) >= 11 is 1.71. The van der Waals surface area contributed by atoms with Crippen LogP contribution in [-0.4, -0.2) is 36.8 Å². The van der Waals surface area contributed by atoms with Crippen LogP contribution in [0.3, 0.4) is 0 Å². The average molecular weight is 370 g/mol. The van der Waals surface area contributed by atoms with Crippen molar-refractivity contribution < 1.29 is 9.53 Å². The van der Waals surface area contributed by atoms with Crippen molar-refractivity contribution in [3.05, 3.63) is 65.7 Å². The molecule has 3 rings (SSSR count). The van der Waals surface area contributed by atoms with E-state index in [1.165, 1.54) is 17.5 Å². The van der Waals surface area contributed by atoms with E-state index in [0.717, 1.165) is 37.4 Å². The third kappa shape index (κ3) is 5.28. The zero-order chi connectivity index (χ0) is 18.2. The first kappa shape index (κ1) is 18.8. The monoisotopic (exact) mass is 369 g/mol. The lowest BCUT2D eigenvalue weighted by atomic mass is 9.94. The van der Waals surface area contributed by atoms with Crippen LogP contribution in [0.15, 0.2) is 54.6 Å². The van der Waals surface area contributed by atoms with Gasteiger partial charge in [0.15, 0.2) is 0 Å². The second kappa shape index (κ2) is 9.67. The molecule has 26 heavy (non-hydrogen) atoms. The van der Waals surface area contributed by atoms with Gasteiger partial charge in [-0.15, -0.1) is 11.8 Å². The predicted octanol–water partition coefficient (Wildman–Crippen LogP) is 4.72. The number of methoxy groups -OCH3 is 1. The fourth-order valence-electron chi connectivity index (χ4n) is 3.44. The van der Waals surface area contributed by atoms with E-state index in [0.29, 0.717) is 11.7 Å². The van der Waals surface area contributed by atoms with Crippen molar-refractivity contribution in [3.8, 4) is 5.75 Å². The fraction of sp³-hybridized carbons (Fsp3) is 0.409. The largest absolute Gasteiger partial charge is 0.497 e. The maximum atomic E-state index is 12.7. The molecular weight excluding hydrogens is 342 g/mol. The van der Waals surface area contributed by atoms with Gasteiger partial charge in [-0.2, -0.15) is 0 Å². The van der Waals surface area contributed by atoms with E-state index in [9.17, 15) is 4.79 Å². The van der Waals surface area contributed by atoms with Crippen LogP contribution in [0.25, 0.3) is 0 Å². The fourth-order valence-corrected chi connectivity index (χ4v) is 4.33. The van der Waals surface area contributed by atoms with Crippen molar-refractivity contribution >= 4 is 17.7 Å². The summed E-state index contributed by atoms with van der Waals surface area (Å²) in [4.78, 5) is 14.8. The number of hydrogen-bond donors (Lipinski definition) is 0. The first-order valence-corrected chi connectivity index (χ1v) is 10.4. The molecule has 0 aromatic heterocycles. The summed E-state index contributed by atoms with van der Waals surface area (Å²) in [6, 6.07) is 18.7. The van der Waals surface area contributed by atoms with Crippen LogP contribution in [0.5, 0.6) is 5.75 Å². The van der Waals surface area contributed by atoms with E-state index in [1.807, 2.05) is 30.3 Å². The average Bonchev–Trinajstić information content (AvgIpc) is 2.95. The SMILES string of the molecule is COc1ccc(C2CCCCN(C(=O)CSCc3ccccc3)C2)cc1. The maximum absolute atomic E-state index is 12.7. The van der Waals surface area contributed by atoms with Gasteiger partial charge in [0, 0.05) is 24.8 Å². The smallest absolute Gasteiger partial charge is 0.232 e. The van der Waals surface area contributed by atoms with E-state index >= 15 is 0 Å². The van der Waals surface area contributed by atoms with E-state index < -0.39 is 0 Å². The van der Waals surface area contributed by atoms with Gasteiger partial charge < -0.3 is 9.64 Å². The number of thioether (sulfide) groups is 1. The standard InChI is InChI=1S/C22H27NO2S/c1-25-21-12-10-19(11-13-21)20-9-5-6-14-23(15-20)22(24)17-26-16-18-7-3-2-4-8-18/h2-4,7-8,10-13,20H,5-6,9,14-17H2,1H3. The number of ether oxygens (including phenoxy) is 1. The lowest BCUT2D eigenvalue weighted by Gasteiger charge is -2.25. The van der Waals surface area contributed by atoms with Gasteiger partial charge in [0.05, 0.1) is 12.9 Å². The van der Waals surface area contributed by atoms with Crippen LogP contribution >= 0.6 is 11.8 Å². The number of benzene rings is 2. The molecule has 0 N–H and O–H groups in total. The Labute approximate surface area is 160 Å². The Balaban J connectivity index is 1.55. The molecule has 3 nitrogen and oxygen atoms in total. The molecule has 2 aromatic rings. The van der Waals surface area contributed by atoms with Crippen molar-refractivity contribution in [1.29, 1.82) is 0 Å². The third-order valence-electron chi connectivity index (χ3n) is 4.95. The normalized spacial score (nSPS) is 17.6. The van der Waals surface area contributed by atoms with Crippen LogP contribution in [0.2, 0.25) is 0 Å². The van der Waals surface area contributed by atoms with E-state index in [1.54, 1.807) is 18.9 Å². The van der Waals surface area contributed by atoms with Gasteiger partial charge in [-0.3, -0.25) is 4.79 Å². The van der Waals surface area contributed by atoms with Crippen LogP contribution in [0.1, 0.15) is 36.3 Å². The molecule has 1 saturated heterocycles. The van der Waals surface area contributed by atoms with Gasteiger partial charge in [0.2, 0.25) is 5.91 Å². The van der Waals surface area contributed by atoms with E-state index in [-0.39, 0.29) is 5.91 Å². The molecule has 1 aliphatic heterocycles. The minimum Gasteiger partial charge on any atom is -0.497 e. The van der Waals surface area contributed by atoms with Gasteiger partial charge in [-0.05, 0) is 36.1 Å². The molecule has 0 saturated carbocycles. The maximum Gasteiger partial charge on any atom is 0.232 e. The highest BCUT2D eigenvalue weighted by molar-refractivity contribution is 7.99. The predicted molar refractivity (Wildman–Crippen MR) is 109 cm³/mol. The molecule has 138 valence electrons. The van der Waals surface area contributed by atoms with Gasteiger partial charge in [0.25, 0.3) is 0 Å². The number of amides is 1. The molecular formula is C22H27NO2S. The highest BCUT2D eigenvalue weighted by Gasteiger charge is 2.23. The first-order chi connectivity index (χ1) is 12.8. The minimum atomic E-state index is 0.270. The molecule has 1 amide bonds. The summed E-state index contributed by atoms with van der Waals surface area (Å²) < 4.78 is 5.25. The van der Waals surface area contributed by atoms with Crippen molar-refractivity contribution in [2.24, 2.45) is 0 Å². The number of carbonyl (C=O) groups excluding carboxylic acids is 1. The molecule has 0 aliphatic carbocycles. The molecule has 0 spiro atoms. The van der Waals surface area contributed by atoms with Crippen molar-refractivity contribution in [2.45, 2.75) is 30.9 Å². The Hall–Kier alpha value is -1.94. The number of rotatable bonds is 6. The first-order valence-electron chi connectivity index (χ1n) is 9.29. The number of likely N-dealkylation sites (tertiary alicyclic amines) is 1. The second-order valence-electron chi connectivity index (χ2n) is 6.78. The van der Waals surface area contributed by atoms with E-state index in [2.05, 4.69) is 29.2 Å². The molecule has 0 bridgehead atoms. The molecule has 1 unspecified atom stereocenters. The van der Waals surface area contributed by atoms with Crippen molar-refractivity contribution in [3.63, 3.8) is 0 Å². The second-order valence-corrected chi connectivity index (χ2v) is 7.77. The minimum absolute atomic E-state index is 0.270. The lowest BCUT2D eigenvalue weighted by Crippen LogP contribution is -2.35. The van der Waals surface area contributed by atoms with Gasteiger partial charge in [0.1, 0.15) is 5.75 Å². The summed E-state index contributed by atoms with van der Waals surface area (Å²) in [6.07, 6.45) is 3.42. The highest BCUT2D eigenvalue weighted by atomic mass is 32.2. The topological polar surface area (TPSA) is 29.5 Å². The van der Waals surface area contributed by atoms with Crippen LogP contribution < -0.4 is 4.74 Å². The van der Waals surface area contributed by atoms with Gasteiger partial charge in [-0.25, -0.2) is 0 Å². The summed E-state index contributed by atoms with van der Waals surface area (Å²) in [5.74, 6) is 3.03. The molecule has 1 fully saturated rings. The van der Waals surface area contributed by atoms with Gasteiger partial charge >= 0.3 is 0 Å². The van der Waals surface area contributed by atoms with Crippen LogP contribution in [0.4, 0.5) is 0 Å². The molecule has 1 aliphatic rings. The van der Waals surface area contributed by atoms with Crippen LogP contribution in [-0.2, 0) is 10.5 Å². The Morgan fingerprint density at radius 1 is 1.12 bits per heavy atom. The number of carbonyl (C=O) groups is 1. The molecule has 2 aromatic carbocycles. The highest BCUT2D eigenvalue weighted by Crippen LogP contribution is 2.28. The number of hydrogen-bond acceptors (Lipinski definition) is 3. The molecule has 0 radical (unpaired) electrons.